The van der Waals surface area contributed by atoms with E-state index in [1.807, 2.05) is 11.8 Å². The molecule has 0 aliphatic carbocycles. The Morgan fingerprint density at radius 1 is 1.32 bits per heavy atom. The molecule has 166 valence electrons. The van der Waals surface area contributed by atoms with E-state index in [2.05, 4.69) is 31.6 Å². The smallest absolute Gasteiger partial charge is 0.345 e. The Bertz CT molecular complexity index is 1030. The van der Waals surface area contributed by atoms with E-state index >= 15 is 0 Å². The Balaban J connectivity index is 1.91. The van der Waals surface area contributed by atoms with Crippen LogP contribution in [0.25, 0.3) is 0 Å². The SMILES string of the molecule is CC(=O)Nc1cc([C@@H](C)NC(=O)C2=CC(Br)=CN3C[C@@H](C)N=C23)cc(C(F)(F)F)c1F. The van der Waals surface area contributed by atoms with E-state index in [4.69, 9.17) is 0 Å². The monoisotopic (exact) mass is 502 g/mol. The predicted octanol–water partition coefficient (Wildman–Crippen LogP) is 4.26. The number of benzene rings is 1. The number of allylic oxidation sites excluding steroid dienone is 2. The predicted molar refractivity (Wildman–Crippen MR) is 111 cm³/mol. The Morgan fingerprint density at radius 3 is 2.61 bits per heavy atom. The summed E-state index contributed by atoms with van der Waals surface area (Å²) in [5.41, 5.74) is -1.90. The number of hydrogen-bond acceptors (Lipinski definition) is 4. The molecule has 1 aromatic rings. The maximum atomic E-state index is 14.3. The molecular weight excluding hydrogens is 484 g/mol. The molecule has 6 nitrogen and oxygen atoms in total. The second-order valence-corrected chi connectivity index (χ2v) is 8.25. The zero-order valence-corrected chi connectivity index (χ0v) is 18.4. The van der Waals surface area contributed by atoms with Gasteiger partial charge in [-0.15, -0.1) is 0 Å². The molecule has 1 aromatic carbocycles. The number of amides is 2. The topological polar surface area (TPSA) is 73.8 Å². The first-order chi connectivity index (χ1) is 14.4. The highest BCUT2D eigenvalue weighted by Gasteiger charge is 2.37. The van der Waals surface area contributed by atoms with Gasteiger partial charge in [0.1, 0.15) is 5.84 Å². The normalized spacial score (nSPS) is 19.2. The van der Waals surface area contributed by atoms with E-state index in [-0.39, 0.29) is 17.2 Å². The Morgan fingerprint density at radius 2 is 2.00 bits per heavy atom. The van der Waals surface area contributed by atoms with Crippen molar-refractivity contribution in [2.75, 3.05) is 11.9 Å². The first-order valence-corrected chi connectivity index (χ1v) is 10.1. The molecular formula is C20H19BrF4N4O2. The molecule has 2 aliphatic heterocycles. The van der Waals surface area contributed by atoms with E-state index in [9.17, 15) is 27.2 Å². The summed E-state index contributed by atoms with van der Waals surface area (Å²) in [6, 6.07) is 0.756. The van der Waals surface area contributed by atoms with E-state index in [1.165, 1.54) is 6.92 Å². The number of carbonyl (C=O) groups is 2. The molecule has 0 unspecified atom stereocenters. The van der Waals surface area contributed by atoms with Crippen LogP contribution in [-0.2, 0) is 15.8 Å². The zero-order chi connectivity index (χ0) is 23.1. The maximum Gasteiger partial charge on any atom is 0.419 e. The minimum absolute atomic E-state index is 0.0181. The summed E-state index contributed by atoms with van der Waals surface area (Å²) < 4.78 is 54.9. The zero-order valence-electron chi connectivity index (χ0n) is 16.8. The minimum Gasteiger partial charge on any atom is -0.345 e. The van der Waals surface area contributed by atoms with Crippen LogP contribution in [0.4, 0.5) is 23.2 Å². The molecule has 3 rings (SSSR count). The molecule has 0 saturated carbocycles. The summed E-state index contributed by atoms with van der Waals surface area (Å²) in [6.07, 6.45) is -1.62. The number of hydrogen-bond donors (Lipinski definition) is 2. The number of alkyl halides is 3. The average Bonchev–Trinajstić information content (AvgIpc) is 3.00. The summed E-state index contributed by atoms with van der Waals surface area (Å²) in [7, 11) is 0. The summed E-state index contributed by atoms with van der Waals surface area (Å²) in [5.74, 6) is -2.39. The minimum atomic E-state index is -4.98. The second kappa shape index (κ2) is 8.45. The molecule has 11 heteroatoms. The fourth-order valence-corrected chi connectivity index (χ4v) is 3.81. The third kappa shape index (κ3) is 4.97. The van der Waals surface area contributed by atoms with Crippen LogP contribution in [0.5, 0.6) is 0 Å². The van der Waals surface area contributed by atoms with Crippen LogP contribution in [0.2, 0.25) is 0 Å². The molecule has 0 saturated heterocycles. The fraction of sp³-hybridized carbons (Fsp3) is 0.350. The molecule has 2 amide bonds. The van der Waals surface area contributed by atoms with Gasteiger partial charge in [-0.3, -0.25) is 14.6 Å². The lowest BCUT2D eigenvalue weighted by Crippen LogP contribution is -2.36. The van der Waals surface area contributed by atoms with Crippen molar-refractivity contribution < 1.29 is 27.2 Å². The van der Waals surface area contributed by atoms with Crippen LogP contribution >= 0.6 is 15.9 Å². The number of aliphatic imine (C=N–C) groups is 1. The molecule has 0 radical (unpaired) electrons. The van der Waals surface area contributed by atoms with Crippen molar-refractivity contribution in [3.05, 3.63) is 51.4 Å². The molecule has 2 atom stereocenters. The standard InChI is InChI=1S/C20H19BrF4N4O2/c1-9-7-29-8-13(21)6-14(18(29)26-9)19(31)27-10(2)12-4-15(20(23,24)25)17(22)16(5-12)28-11(3)30/h4-6,8-10H,7H2,1-3H3,(H,27,31)(H,28,30)/t9-,10-/m1/s1. The molecule has 0 aromatic heterocycles. The molecule has 0 fully saturated rings. The van der Waals surface area contributed by atoms with Gasteiger partial charge in [-0.05, 0) is 53.5 Å². The lowest BCUT2D eigenvalue weighted by atomic mass is 10.0. The van der Waals surface area contributed by atoms with Gasteiger partial charge in [0.25, 0.3) is 5.91 Å². The molecule has 2 heterocycles. The molecule has 31 heavy (non-hydrogen) atoms. The Labute approximate surface area is 184 Å². The van der Waals surface area contributed by atoms with Crippen molar-refractivity contribution in [2.24, 2.45) is 4.99 Å². The van der Waals surface area contributed by atoms with Crippen LogP contribution in [0.1, 0.15) is 37.9 Å². The quantitative estimate of drug-likeness (QED) is 0.604. The van der Waals surface area contributed by atoms with Crippen LogP contribution in [0, 0.1) is 5.82 Å². The third-order valence-electron chi connectivity index (χ3n) is 4.68. The lowest BCUT2D eigenvalue weighted by molar-refractivity contribution is -0.140. The number of anilines is 1. The van der Waals surface area contributed by atoms with Crippen LogP contribution < -0.4 is 10.6 Å². The van der Waals surface area contributed by atoms with Gasteiger partial charge in [0, 0.05) is 24.2 Å². The van der Waals surface area contributed by atoms with Crippen LogP contribution in [0.3, 0.4) is 0 Å². The van der Waals surface area contributed by atoms with Gasteiger partial charge >= 0.3 is 6.18 Å². The van der Waals surface area contributed by atoms with Crippen LogP contribution in [-0.4, -0.2) is 35.1 Å². The van der Waals surface area contributed by atoms with Crippen molar-refractivity contribution in [2.45, 2.75) is 39.0 Å². The van der Waals surface area contributed by atoms with Crippen molar-refractivity contribution in [3.63, 3.8) is 0 Å². The van der Waals surface area contributed by atoms with Crippen molar-refractivity contribution in [1.82, 2.24) is 10.2 Å². The molecule has 0 spiro atoms. The highest BCUT2D eigenvalue weighted by Crippen LogP contribution is 2.36. The fourth-order valence-electron chi connectivity index (χ4n) is 3.33. The third-order valence-corrected chi connectivity index (χ3v) is 5.11. The van der Waals surface area contributed by atoms with Gasteiger partial charge in [0.2, 0.25) is 5.91 Å². The summed E-state index contributed by atoms with van der Waals surface area (Å²) in [4.78, 5) is 30.4. The molecule has 2 N–H and O–H groups in total. The first-order valence-electron chi connectivity index (χ1n) is 9.29. The van der Waals surface area contributed by atoms with Gasteiger partial charge in [-0.2, -0.15) is 13.2 Å². The number of halogens is 5. The number of nitrogens with zero attached hydrogens (tertiary/aromatic N) is 2. The van der Waals surface area contributed by atoms with E-state index in [0.717, 1.165) is 13.0 Å². The largest absolute Gasteiger partial charge is 0.419 e. The maximum absolute atomic E-state index is 14.3. The lowest BCUT2D eigenvalue weighted by Gasteiger charge is -2.24. The molecule has 0 bridgehead atoms. The average molecular weight is 503 g/mol. The first kappa shape index (κ1) is 23.0. The van der Waals surface area contributed by atoms with E-state index in [0.29, 0.717) is 22.9 Å². The number of rotatable bonds is 4. The number of amidine groups is 1. The van der Waals surface area contributed by atoms with Gasteiger partial charge in [-0.25, -0.2) is 4.39 Å². The summed E-state index contributed by atoms with van der Waals surface area (Å²) in [6.45, 7) is 5.01. The summed E-state index contributed by atoms with van der Waals surface area (Å²) >= 11 is 3.34. The summed E-state index contributed by atoms with van der Waals surface area (Å²) in [5, 5.41) is 4.69. The van der Waals surface area contributed by atoms with E-state index < -0.39 is 41.1 Å². The highest BCUT2D eigenvalue weighted by atomic mass is 79.9. The van der Waals surface area contributed by atoms with Gasteiger partial charge in [0.05, 0.1) is 28.9 Å². The number of carbonyl (C=O) groups excluding carboxylic acids is 2. The Kier molecular flexibility index (Phi) is 6.26. The Hall–Kier alpha value is -2.69. The van der Waals surface area contributed by atoms with Gasteiger partial charge < -0.3 is 15.5 Å². The highest BCUT2D eigenvalue weighted by molar-refractivity contribution is 9.11. The van der Waals surface area contributed by atoms with Crippen molar-refractivity contribution in [3.8, 4) is 0 Å². The number of fused-ring (bicyclic) bond motifs is 1. The number of nitrogens with one attached hydrogen (secondary N) is 2. The van der Waals surface area contributed by atoms with Crippen molar-refractivity contribution >= 4 is 39.3 Å². The van der Waals surface area contributed by atoms with E-state index in [1.54, 1.807) is 12.3 Å². The van der Waals surface area contributed by atoms with Crippen LogP contribution in [0.15, 0.2) is 39.5 Å². The van der Waals surface area contributed by atoms with Gasteiger partial charge in [-0.1, -0.05) is 0 Å². The molecule has 2 aliphatic rings. The van der Waals surface area contributed by atoms with Crippen molar-refractivity contribution in [1.29, 1.82) is 0 Å². The second-order valence-electron chi connectivity index (χ2n) is 7.33. The van der Waals surface area contributed by atoms with Gasteiger partial charge in [0.15, 0.2) is 5.82 Å².